The van der Waals surface area contributed by atoms with Crippen LogP contribution in [0, 0.1) is 5.41 Å². The van der Waals surface area contributed by atoms with E-state index in [1.54, 1.807) is 37.2 Å². The Labute approximate surface area is 138 Å². The summed E-state index contributed by atoms with van der Waals surface area (Å²) in [5, 5.41) is 0. The number of ketones is 1. The standard InChI is InChI=1S/C16H19IO4/c1-5-21-15(19)16(3,11(2)18)14(10-17)12-6-8-13(20-4)9-7-12/h6-10H,5H2,1-4H3/b14-10+. The molecule has 4 nitrogen and oxygen atoms in total. The van der Waals surface area contributed by atoms with Crippen LogP contribution < -0.4 is 4.74 Å². The minimum Gasteiger partial charge on any atom is -0.497 e. The molecule has 0 heterocycles. The van der Waals surface area contributed by atoms with Gasteiger partial charge in [-0.1, -0.05) is 34.7 Å². The molecule has 0 amide bonds. The maximum Gasteiger partial charge on any atom is 0.323 e. The number of halogens is 1. The summed E-state index contributed by atoms with van der Waals surface area (Å²) in [5.74, 6) is -0.0665. The van der Waals surface area contributed by atoms with Crippen LogP contribution in [0.25, 0.3) is 5.57 Å². The Balaban J connectivity index is 3.31. The summed E-state index contributed by atoms with van der Waals surface area (Å²) in [7, 11) is 1.59. The number of carbonyl (C=O) groups excluding carboxylic acids is 2. The fourth-order valence-electron chi connectivity index (χ4n) is 1.95. The summed E-state index contributed by atoms with van der Waals surface area (Å²) in [6, 6.07) is 7.23. The van der Waals surface area contributed by atoms with Crippen LogP contribution in [-0.2, 0) is 14.3 Å². The van der Waals surface area contributed by atoms with Gasteiger partial charge in [0.15, 0.2) is 5.78 Å². The topological polar surface area (TPSA) is 52.6 Å². The van der Waals surface area contributed by atoms with E-state index >= 15 is 0 Å². The Morgan fingerprint density at radius 1 is 1.29 bits per heavy atom. The van der Waals surface area contributed by atoms with Gasteiger partial charge in [-0.05, 0) is 48.1 Å². The second-order valence-corrected chi connectivity index (χ2v) is 5.28. The van der Waals surface area contributed by atoms with Crippen LogP contribution in [0.15, 0.2) is 28.3 Å². The van der Waals surface area contributed by atoms with Crippen molar-refractivity contribution >= 4 is 39.9 Å². The van der Waals surface area contributed by atoms with Gasteiger partial charge in [0.25, 0.3) is 0 Å². The van der Waals surface area contributed by atoms with Crippen molar-refractivity contribution in [3.63, 3.8) is 0 Å². The zero-order chi connectivity index (χ0) is 16.0. The number of ether oxygens (including phenoxy) is 2. The van der Waals surface area contributed by atoms with Gasteiger partial charge in [0.05, 0.1) is 13.7 Å². The Hall–Kier alpha value is -1.37. The van der Waals surface area contributed by atoms with E-state index in [4.69, 9.17) is 9.47 Å². The zero-order valence-corrected chi connectivity index (χ0v) is 14.8. The van der Waals surface area contributed by atoms with E-state index in [9.17, 15) is 9.59 Å². The molecule has 1 unspecified atom stereocenters. The van der Waals surface area contributed by atoms with Crippen molar-refractivity contribution in [2.45, 2.75) is 20.8 Å². The third kappa shape index (κ3) is 3.64. The summed E-state index contributed by atoms with van der Waals surface area (Å²) in [4.78, 5) is 24.4. The van der Waals surface area contributed by atoms with Crippen LogP contribution in [0.2, 0.25) is 0 Å². The molecule has 1 aromatic rings. The smallest absolute Gasteiger partial charge is 0.323 e. The monoisotopic (exact) mass is 402 g/mol. The van der Waals surface area contributed by atoms with E-state index in [0.29, 0.717) is 11.3 Å². The summed E-state index contributed by atoms with van der Waals surface area (Å²) >= 11 is 2.04. The number of hydrogen-bond acceptors (Lipinski definition) is 4. The quantitative estimate of drug-likeness (QED) is 0.414. The number of carbonyl (C=O) groups is 2. The molecular weight excluding hydrogens is 383 g/mol. The van der Waals surface area contributed by atoms with Crippen molar-refractivity contribution in [2.24, 2.45) is 5.41 Å². The minimum atomic E-state index is -1.31. The highest BCUT2D eigenvalue weighted by Crippen LogP contribution is 2.38. The molecular formula is C16H19IO4. The highest BCUT2D eigenvalue weighted by atomic mass is 127. The lowest BCUT2D eigenvalue weighted by molar-refractivity contribution is -0.154. The molecule has 5 heteroatoms. The van der Waals surface area contributed by atoms with Crippen LogP contribution in [0.3, 0.4) is 0 Å². The van der Waals surface area contributed by atoms with Gasteiger partial charge < -0.3 is 9.47 Å². The average Bonchev–Trinajstić information content (AvgIpc) is 2.48. The van der Waals surface area contributed by atoms with E-state index in [2.05, 4.69) is 0 Å². The molecule has 0 saturated heterocycles. The van der Waals surface area contributed by atoms with Gasteiger partial charge in [0.1, 0.15) is 11.2 Å². The van der Waals surface area contributed by atoms with Gasteiger partial charge in [-0.3, -0.25) is 9.59 Å². The van der Waals surface area contributed by atoms with Gasteiger partial charge in [-0.15, -0.1) is 0 Å². The fraction of sp³-hybridized carbons (Fsp3) is 0.375. The van der Waals surface area contributed by atoms with E-state index in [-0.39, 0.29) is 12.4 Å². The van der Waals surface area contributed by atoms with E-state index in [1.807, 2.05) is 34.7 Å². The second-order valence-electron chi connectivity index (χ2n) is 4.65. The van der Waals surface area contributed by atoms with E-state index in [0.717, 1.165) is 5.56 Å². The molecule has 1 aromatic carbocycles. The largest absolute Gasteiger partial charge is 0.497 e. The maximum atomic E-state index is 12.3. The van der Waals surface area contributed by atoms with Crippen molar-refractivity contribution in [3.05, 3.63) is 33.9 Å². The molecule has 1 atom stereocenters. The molecule has 0 aromatic heterocycles. The lowest BCUT2D eigenvalue weighted by Crippen LogP contribution is -2.37. The zero-order valence-electron chi connectivity index (χ0n) is 12.6. The SMILES string of the molecule is CCOC(=O)C(C)(C(C)=O)/C(=C/I)c1ccc(OC)cc1. The fourth-order valence-corrected chi connectivity index (χ4v) is 2.93. The van der Waals surface area contributed by atoms with Crippen molar-refractivity contribution < 1.29 is 19.1 Å². The molecule has 0 aliphatic heterocycles. The van der Waals surface area contributed by atoms with E-state index in [1.165, 1.54) is 6.92 Å². The maximum absolute atomic E-state index is 12.3. The number of rotatable bonds is 6. The molecule has 114 valence electrons. The molecule has 0 bridgehead atoms. The first-order chi connectivity index (χ1) is 9.91. The second kappa shape index (κ2) is 7.59. The van der Waals surface area contributed by atoms with Crippen molar-refractivity contribution in [1.82, 2.24) is 0 Å². The summed E-state index contributed by atoms with van der Waals surface area (Å²) < 4.78 is 12.0. The van der Waals surface area contributed by atoms with Gasteiger partial charge in [-0.2, -0.15) is 0 Å². The molecule has 0 radical (unpaired) electrons. The average molecular weight is 402 g/mol. The van der Waals surface area contributed by atoms with Crippen LogP contribution in [0.5, 0.6) is 5.75 Å². The van der Waals surface area contributed by atoms with Crippen LogP contribution in [0.4, 0.5) is 0 Å². The van der Waals surface area contributed by atoms with Gasteiger partial charge in [0.2, 0.25) is 0 Å². The number of esters is 1. The minimum absolute atomic E-state index is 0.235. The Morgan fingerprint density at radius 3 is 2.24 bits per heavy atom. The highest BCUT2D eigenvalue weighted by Gasteiger charge is 2.43. The van der Waals surface area contributed by atoms with Gasteiger partial charge in [0, 0.05) is 0 Å². The van der Waals surface area contributed by atoms with Gasteiger partial charge >= 0.3 is 5.97 Å². The molecule has 0 aliphatic rings. The predicted molar refractivity (Wildman–Crippen MR) is 90.4 cm³/mol. The first-order valence-corrected chi connectivity index (χ1v) is 7.79. The first kappa shape index (κ1) is 17.7. The number of Topliss-reactive ketones (excluding diaryl/α,β-unsaturated/α-hetero) is 1. The predicted octanol–water partition coefficient (Wildman–Crippen LogP) is 3.63. The van der Waals surface area contributed by atoms with Crippen LogP contribution in [-0.4, -0.2) is 25.5 Å². The van der Waals surface area contributed by atoms with Crippen molar-refractivity contribution in [1.29, 1.82) is 0 Å². The van der Waals surface area contributed by atoms with Crippen LogP contribution in [0.1, 0.15) is 26.3 Å². The first-order valence-electron chi connectivity index (χ1n) is 6.55. The molecule has 0 fully saturated rings. The third-order valence-corrected chi connectivity index (χ3v) is 4.06. The Bertz CT molecular complexity index is 548. The molecule has 0 spiro atoms. The van der Waals surface area contributed by atoms with E-state index < -0.39 is 11.4 Å². The van der Waals surface area contributed by atoms with Crippen molar-refractivity contribution in [3.8, 4) is 5.75 Å². The molecule has 0 aliphatic carbocycles. The van der Waals surface area contributed by atoms with Crippen LogP contribution >= 0.6 is 22.6 Å². The molecule has 0 saturated carbocycles. The summed E-state index contributed by atoms with van der Waals surface area (Å²) in [6.07, 6.45) is 0. The number of hydrogen-bond donors (Lipinski definition) is 0. The normalized spacial score (nSPS) is 14.2. The third-order valence-electron chi connectivity index (χ3n) is 3.44. The highest BCUT2D eigenvalue weighted by molar-refractivity contribution is 14.1. The molecule has 21 heavy (non-hydrogen) atoms. The molecule has 1 rings (SSSR count). The van der Waals surface area contributed by atoms with Gasteiger partial charge in [-0.25, -0.2) is 0 Å². The Morgan fingerprint density at radius 2 is 1.86 bits per heavy atom. The summed E-state index contributed by atoms with van der Waals surface area (Å²) in [5.41, 5.74) is 0.0962. The van der Waals surface area contributed by atoms with Crippen molar-refractivity contribution in [2.75, 3.05) is 13.7 Å². The number of methoxy groups -OCH3 is 1. The molecule has 0 N–H and O–H groups in total. The lowest BCUT2D eigenvalue weighted by Gasteiger charge is -2.27. The summed E-state index contributed by atoms with van der Waals surface area (Å²) in [6.45, 7) is 4.96. The lowest BCUT2D eigenvalue weighted by atomic mass is 9.76. The number of benzene rings is 1. The Kier molecular flexibility index (Phi) is 6.39.